The zero-order valence-electron chi connectivity index (χ0n) is 18.8. The van der Waals surface area contributed by atoms with E-state index in [0.29, 0.717) is 24.2 Å². The van der Waals surface area contributed by atoms with Crippen LogP contribution in [0, 0.1) is 24.7 Å². The Morgan fingerprint density at radius 2 is 2.13 bits per heavy atom. The molecule has 1 fully saturated rings. The molecule has 164 valence electrons. The van der Waals surface area contributed by atoms with Gasteiger partial charge in [-0.25, -0.2) is 0 Å². The van der Waals surface area contributed by atoms with Crippen LogP contribution in [0.4, 0.5) is 0 Å². The first kappa shape index (κ1) is 22.8. The summed E-state index contributed by atoms with van der Waals surface area (Å²) in [5.74, 6) is 1.58. The van der Waals surface area contributed by atoms with Crippen molar-refractivity contribution in [1.29, 1.82) is 0 Å². The summed E-state index contributed by atoms with van der Waals surface area (Å²) in [4.78, 5) is 11.7. The minimum Gasteiger partial charge on any atom is -0.392 e. The van der Waals surface area contributed by atoms with Crippen molar-refractivity contribution in [3.05, 3.63) is 59.2 Å². The Hall–Kier alpha value is -1.87. The SMILES string of the molecule is CCCNC(=O)CCCCC1=C[C@H]2C[C@@H](O)[C@H](/C=C/CCc3cccc(C)c3)[C@H]2C1. The molecule has 30 heavy (non-hydrogen) atoms. The second-order valence-electron chi connectivity index (χ2n) is 9.25. The van der Waals surface area contributed by atoms with Crippen LogP contribution >= 0.6 is 0 Å². The van der Waals surface area contributed by atoms with Crippen LogP contribution in [-0.4, -0.2) is 23.7 Å². The Morgan fingerprint density at radius 1 is 1.27 bits per heavy atom. The summed E-state index contributed by atoms with van der Waals surface area (Å²) >= 11 is 0. The van der Waals surface area contributed by atoms with Crippen LogP contribution in [0.25, 0.3) is 0 Å². The van der Waals surface area contributed by atoms with Gasteiger partial charge in [0.05, 0.1) is 6.10 Å². The fourth-order valence-corrected chi connectivity index (χ4v) is 5.15. The first-order valence-corrected chi connectivity index (χ1v) is 11.9. The lowest BCUT2D eigenvalue weighted by Crippen LogP contribution is -2.23. The number of benzene rings is 1. The minimum atomic E-state index is -0.199. The molecule has 4 atom stereocenters. The summed E-state index contributed by atoms with van der Waals surface area (Å²) in [6, 6.07) is 8.72. The second kappa shape index (κ2) is 11.5. The Balaban J connectivity index is 1.39. The highest BCUT2D eigenvalue weighted by atomic mass is 16.3. The number of aliphatic hydroxyl groups is 1. The molecule has 0 radical (unpaired) electrons. The molecule has 3 heteroatoms. The van der Waals surface area contributed by atoms with E-state index in [0.717, 1.165) is 57.9 Å². The fourth-order valence-electron chi connectivity index (χ4n) is 5.15. The summed E-state index contributed by atoms with van der Waals surface area (Å²) in [5.41, 5.74) is 4.25. The van der Waals surface area contributed by atoms with Crippen molar-refractivity contribution in [2.75, 3.05) is 6.54 Å². The molecule has 2 N–H and O–H groups in total. The molecule has 1 aromatic rings. The molecule has 2 aliphatic rings. The zero-order valence-corrected chi connectivity index (χ0v) is 18.8. The van der Waals surface area contributed by atoms with E-state index in [1.54, 1.807) is 5.57 Å². The quantitative estimate of drug-likeness (QED) is 0.374. The van der Waals surface area contributed by atoms with Gasteiger partial charge in [0, 0.05) is 18.9 Å². The summed E-state index contributed by atoms with van der Waals surface area (Å²) < 4.78 is 0. The van der Waals surface area contributed by atoms with Gasteiger partial charge < -0.3 is 10.4 Å². The van der Waals surface area contributed by atoms with Crippen molar-refractivity contribution >= 4 is 5.91 Å². The number of hydrogen-bond donors (Lipinski definition) is 2. The number of rotatable bonds is 11. The van der Waals surface area contributed by atoms with E-state index in [4.69, 9.17) is 0 Å². The van der Waals surface area contributed by atoms with Crippen LogP contribution in [0.15, 0.2) is 48.1 Å². The standard InChI is InChI=1S/C27H39NO2/c1-3-15-28-27(30)14-7-5-11-22-17-23-19-26(29)24(25(23)18-22)13-6-4-10-21-12-8-9-20(2)16-21/h6,8-9,12-13,16-17,23-26,29H,3-5,7,10-11,14-15,18-19H2,1-2H3,(H,28,30)/b13-6+/t23-,24+,25-,26+/m0/s1. The maximum absolute atomic E-state index is 11.7. The Labute approximate surface area is 182 Å². The van der Waals surface area contributed by atoms with Gasteiger partial charge in [-0.3, -0.25) is 4.79 Å². The summed E-state index contributed by atoms with van der Waals surface area (Å²) in [7, 11) is 0. The van der Waals surface area contributed by atoms with Crippen LogP contribution in [0.2, 0.25) is 0 Å². The lowest BCUT2D eigenvalue weighted by molar-refractivity contribution is -0.121. The van der Waals surface area contributed by atoms with E-state index in [9.17, 15) is 9.90 Å². The van der Waals surface area contributed by atoms with Crippen molar-refractivity contribution in [2.24, 2.45) is 17.8 Å². The topological polar surface area (TPSA) is 49.3 Å². The number of fused-ring (bicyclic) bond motifs is 1. The fraction of sp³-hybridized carbons (Fsp3) is 0.593. The monoisotopic (exact) mass is 409 g/mol. The molecule has 0 unspecified atom stereocenters. The molecule has 0 spiro atoms. The number of nitrogens with one attached hydrogen (secondary N) is 1. The predicted molar refractivity (Wildman–Crippen MR) is 124 cm³/mol. The number of unbranched alkanes of at least 4 members (excludes halogenated alkanes) is 1. The summed E-state index contributed by atoms with van der Waals surface area (Å²) in [6.07, 6.45) is 15.7. The van der Waals surface area contributed by atoms with Crippen molar-refractivity contribution in [1.82, 2.24) is 5.32 Å². The van der Waals surface area contributed by atoms with Crippen molar-refractivity contribution in [2.45, 2.75) is 77.7 Å². The van der Waals surface area contributed by atoms with E-state index in [1.807, 2.05) is 0 Å². The van der Waals surface area contributed by atoms with E-state index in [-0.39, 0.29) is 12.0 Å². The molecule has 1 aromatic carbocycles. The van der Waals surface area contributed by atoms with Crippen molar-refractivity contribution in [3.63, 3.8) is 0 Å². The first-order chi connectivity index (χ1) is 14.6. The molecular weight excluding hydrogens is 370 g/mol. The number of carbonyl (C=O) groups excluding carboxylic acids is 1. The minimum absolute atomic E-state index is 0.188. The number of carbonyl (C=O) groups is 1. The van der Waals surface area contributed by atoms with Gasteiger partial charge in [-0.2, -0.15) is 0 Å². The predicted octanol–water partition coefficient (Wildman–Crippen LogP) is 5.51. The molecule has 3 nitrogen and oxygen atoms in total. The lowest BCUT2D eigenvalue weighted by Gasteiger charge is -2.18. The number of allylic oxidation sites excluding steroid dienone is 3. The Bertz CT molecular complexity index is 751. The van der Waals surface area contributed by atoms with Crippen molar-refractivity contribution < 1.29 is 9.90 Å². The molecule has 2 aliphatic carbocycles. The van der Waals surface area contributed by atoms with Gasteiger partial charge in [0.2, 0.25) is 5.91 Å². The van der Waals surface area contributed by atoms with E-state index < -0.39 is 0 Å². The second-order valence-corrected chi connectivity index (χ2v) is 9.25. The van der Waals surface area contributed by atoms with Gasteiger partial charge in [0.15, 0.2) is 0 Å². The van der Waals surface area contributed by atoms with E-state index in [2.05, 4.69) is 61.7 Å². The number of aryl methyl sites for hydroxylation is 2. The van der Waals surface area contributed by atoms with Crippen LogP contribution in [0.1, 0.15) is 69.4 Å². The van der Waals surface area contributed by atoms with E-state index in [1.165, 1.54) is 11.1 Å². The van der Waals surface area contributed by atoms with Crippen LogP contribution in [-0.2, 0) is 11.2 Å². The first-order valence-electron chi connectivity index (χ1n) is 11.9. The number of aliphatic hydroxyl groups excluding tert-OH is 1. The highest BCUT2D eigenvalue weighted by Crippen LogP contribution is 2.48. The molecule has 0 aromatic heterocycles. The molecule has 0 heterocycles. The van der Waals surface area contributed by atoms with Gasteiger partial charge in [-0.15, -0.1) is 0 Å². The molecule has 0 aliphatic heterocycles. The van der Waals surface area contributed by atoms with Gasteiger partial charge in [-0.1, -0.05) is 60.6 Å². The number of hydrogen-bond acceptors (Lipinski definition) is 2. The smallest absolute Gasteiger partial charge is 0.219 e. The van der Waals surface area contributed by atoms with Gasteiger partial charge in [0.1, 0.15) is 0 Å². The van der Waals surface area contributed by atoms with Crippen LogP contribution in [0.5, 0.6) is 0 Å². The Kier molecular flexibility index (Phi) is 8.74. The average molecular weight is 410 g/mol. The highest BCUT2D eigenvalue weighted by molar-refractivity contribution is 5.75. The third-order valence-corrected chi connectivity index (χ3v) is 6.71. The molecule has 1 saturated carbocycles. The zero-order chi connectivity index (χ0) is 21.3. The summed E-state index contributed by atoms with van der Waals surface area (Å²) in [6.45, 7) is 5.00. The van der Waals surface area contributed by atoms with Gasteiger partial charge in [-0.05, 0) is 75.7 Å². The normalized spacial score (nSPS) is 25.5. The molecule has 0 bridgehead atoms. The molecule has 1 amide bonds. The third-order valence-electron chi connectivity index (χ3n) is 6.71. The van der Waals surface area contributed by atoms with Crippen LogP contribution in [0.3, 0.4) is 0 Å². The Morgan fingerprint density at radius 3 is 2.93 bits per heavy atom. The van der Waals surface area contributed by atoms with Gasteiger partial charge >= 0.3 is 0 Å². The van der Waals surface area contributed by atoms with Crippen LogP contribution < -0.4 is 5.32 Å². The third kappa shape index (κ3) is 6.57. The maximum Gasteiger partial charge on any atom is 0.219 e. The molecular formula is C27H39NO2. The van der Waals surface area contributed by atoms with E-state index >= 15 is 0 Å². The summed E-state index contributed by atoms with van der Waals surface area (Å²) in [5, 5.41) is 13.5. The lowest BCUT2D eigenvalue weighted by atomic mass is 9.88. The molecule has 0 saturated heterocycles. The maximum atomic E-state index is 11.7. The largest absolute Gasteiger partial charge is 0.392 e. The van der Waals surface area contributed by atoms with Gasteiger partial charge in [0.25, 0.3) is 0 Å². The van der Waals surface area contributed by atoms with Crippen molar-refractivity contribution in [3.8, 4) is 0 Å². The highest BCUT2D eigenvalue weighted by Gasteiger charge is 2.42. The molecule has 3 rings (SSSR count). The average Bonchev–Trinajstić information content (AvgIpc) is 3.24. The number of amides is 1.